The van der Waals surface area contributed by atoms with Crippen LogP contribution in [-0.2, 0) is 4.75 Å². The molecular weight excluding hydrogens is 232 g/mol. The van der Waals surface area contributed by atoms with Crippen molar-refractivity contribution in [2.45, 2.75) is 50.2 Å². The molecule has 0 spiro atoms. The summed E-state index contributed by atoms with van der Waals surface area (Å²) in [4.78, 5) is 1.57. The van der Waals surface area contributed by atoms with E-state index in [1.165, 1.54) is 38.5 Å². The summed E-state index contributed by atoms with van der Waals surface area (Å²) in [7, 11) is 0. The molecule has 0 nitrogen and oxygen atoms in total. The Balaban J connectivity index is 1.95. The monoisotopic (exact) mass is 252 g/mol. The van der Waals surface area contributed by atoms with Crippen molar-refractivity contribution in [2.75, 3.05) is 0 Å². The topological polar surface area (TPSA) is 0 Å². The van der Waals surface area contributed by atoms with E-state index in [1.54, 1.807) is 4.88 Å². The second-order valence-electron chi connectivity index (χ2n) is 4.48. The van der Waals surface area contributed by atoms with Crippen molar-refractivity contribution in [1.29, 1.82) is 0 Å². The molecule has 88 valence electrons. The number of unbranched alkanes of at least 4 members (excludes halogenated alkanes) is 3. The normalized spacial score (nSPS) is 24.1. The lowest BCUT2D eigenvalue weighted by atomic mass is 9.95. The fraction of sp³-hybridized carbons (Fsp3) is 0.571. The Morgan fingerprint density at radius 2 is 2.25 bits per heavy atom. The van der Waals surface area contributed by atoms with Crippen LogP contribution in [0.5, 0.6) is 0 Å². The molecule has 0 aliphatic carbocycles. The zero-order valence-corrected chi connectivity index (χ0v) is 11.6. The third kappa shape index (κ3) is 2.72. The predicted octanol–water partition coefficient (Wildman–Crippen LogP) is 5.56. The van der Waals surface area contributed by atoms with Crippen molar-refractivity contribution < 1.29 is 0 Å². The molecule has 2 heteroatoms. The maximum Gasteiger partial charge on any atom is 0.0577 e. The van der Waals surface area contributed by atoms with Gasteiger partial charge >= 0.3 is 0 Å². The van der Waals surface area contributed by atoms with Crippen molar-refractivity contribution in [3.8, 4) is 0 Å². The Hall–Kier alpha value is -0.210. The highest BCUT2D eigenvalue weighted by atomic mass is 32.2. The lowest BCUT2D eigenvalue weighted by Gasteiger charge is -2.27. The fourth-order valence-electron chi connectivity index (χ4n) is 2.28. The van der Waals surface area contributed by atoms with E-state index in [4.69, 9.17) is 0 Å². The SMILES string of the molecule is CCCCCCC1(c2cccs2)CC=CS1. The molecule has 2 rings (SSSR count). The highest BCUT2D eigenvalue weighted by molar-refractivity contribution is 8.03. The molecule has 0 radical (unpaired) electrons. The molecule has 1 aliphatic heterocycles. The van der Waals surface area contributed by atoms with Gasteiger partial charge in [-0.2, -0.15) is 0 Å². The Kier molecular flexibility index (Phi) is 4.54. The summed E-state index contributed by atoms with van der Waals surface area (Å²) in [5.74, 6) is 0. The molecule has 0 N–H and O–H groups in total. The minimum atomic E-state index is 0.391. The second-order valence-corrected chi connectivity index (χ2v) is 6.71. The van der Waals surface area contributed by atoms with Crippen molar-refractivity contribution >= 4 is 23.1 Å². The van der Waals surface area contributed by atoms with Crippen LogP contribution in [0.4, 0.5) is 0 Å². The van der Waals surface area contributed by atoms with E-state index in [9.17, 15) is 0 Å². The van der Waals surface area contributed by atoms with Crippen molar-refractivity contribution in [2.24, 2.45) is 0 Å². The molecule has 1 aromatic heterocycles. The average molecular weight is 252 g/mol. The first-order valence-corrected chi connectivity index (χ1v) is 8.00. The van der Waals surface area contributed by atoms with Crippen LogP contribution in [-0.4, -0.2) is 0 Å². The lowest BCUT2D eigenvalue weighted by Crippen LogP contribution is -2.16. The summed E-state index contributed by atoms with van der Waals surface area (Å²) in [5, 5.41) is 4.50. The quantitative estimate of drug-likeness (QED) is 0.597. The van der Waals surface area contributed by atoms with E-state index < -0.39 is 0 Å². The van der Waals surface area contributed by atoms with Crippen LogP contribution in [0.15, 0.2) is 29.0 Å². The van der Waals surface area contributed by atoms with Gasteiger partial charge in [0.25, 0.3) is 0 Å². The van der Waals surface area contributed by atoms with Gasteiger partial charge < -0.3 is 0 Å². The maximum atomic E-state index is 2.34. The van der Waals surface area contributed by atoms with Gasteiger partial charge in [-0.25, -0.2) is 0 Å². The average Bonchev–Trinajstić information content (AvgIpc) is 2.95. The summed E-state index contributed by atoms with van der Waals surface area (Å²) in [6, 6.07) is 4.50. The minimum absolute atomic E-state index is 0.391. The molecule has 1 unspecified atom stereocenters. The molecule has 0 amide bonds. The predicted molar refractivity (Wildman–Crippen MR) is 76.1 cm³/mol. The Labute approximate surface area is 107 Å². The third-order valence-corrected chi connectivity index (χ3v) is 5.82. The van der Waals surface area contributed by atoms with Gasteiger partial charge in [0.2, 0.25) is 0 Å². The largest absolute Gasteiger partial charge is 0.147 e. The van der Waals surface area contributed by atoms with Gasteiger partial charge in [-0.15, -0.1) is 23.1 Å². The molecule has 0 saturated carbocycles. The third-order valence-electron chi connectivity index (χ3n) is 3.24. The lowest BCUT2D eigenvalue weighted by molar-refractivity contribution is 0.530. The zero-order chi connectivity index (χ0) is 11.3. The first kappa shape index (κ1) is 12.3. The number of hydrogen-bond donors (Lipinski definition) is 0. The minimum Gasteiger partial charge on any atom is -0.147 e. The number of thiophene rings is 1. The Morgan fingerprint density at radius 1 is 1.31 bits per heavy atom. The summed E-state index contributed by atoms with van der Waals surface area (Å²) in [6.07, 6.45) is 10.4. The summed E-state index contributed by atoms with van der Waals surface area (Å²) < 4.78 is 0.391. The van der Waals surface area contributed by atoms with Crippen LogP contribution in [0.3, 0.4) is 0 Å². The molecule has 16 heavy (non-hydrogen) atoms. The van der Waals surface area contributed by atoms with Gasteiger partial charge in [0, 0.05) is 4.88 Å². The van der Waals surface area contributed by atoms with Gasteiger partial charge in [0.1, 0.15) is 0 Å². The molecule has 0 saturated heterocycles. The first-order valence-electron chi connectivity index (χ1n) is 6.24. The summed E-state index contributed by atoms with van der Waals surface area (Å²) in [5.41, 5.74) is 0. The highest BCUT2D eigenvalue weighted by Crippen LogP contribution is 2.50. The van der Waals surface area contributed by atoms with Crippen LogP contribution in [0.25, 0.3) is 0 Å². The fourth-order valence-corrected chi connectivity index (χ4v) is 4.52. The zero-order valence-electron chi connectivity index (χ0n) is 9.95. The molecule has 1 aliphatic rings. The number of thioether (sulfide) groups is 1. The van der Waals surface area contributed by atoms with Gasteiger partial charge in [-0.05, 0) is 29.7 Å². The molecule has 2 heterocycles. The Morgan fingerprint density at radius 3 is 2.88 bits per heavy atom. The summed E-state index contributed by atoms with van der Waals surface area (Å²) in [6.45, 7) is 2.28. The van der Waals surface area contributed by atoms with E-state index in [2.05, 4.69) is 35.9 Å². The Bertz CT molecular complexity index is 317. The van der Waals surface area contributed by atoms with Crippen LogP contribution in [0.2, 0.25) is 0 Å². The number of hydrogen-bond acceptors (Lipinski definition) is 2. The van der Waals surface area contributed by atoms with Crippen LogP contribution < -0.4 is 0 Å². The molecule has 1 aromatic rings. The van der Waals surface area contributed by atoms with Crippen LogP contribution >= 0.6 is 23.1 Å². The second kappa shape index (κ2) is 5.92. The van der Waals surface area contributed by atoms with Crippen molar-refractivity contribution in [1.82, 2.24) is 0 Å². The standard InChI is InChI=1S/C14H20S2/c1-2-3-4-5-9-14(10-7-12-16-14)13-8-6-11-15-13/h6-8,11-12H,2-5,9-10H2,1H3. The van der Waals surface area contributed by atoms with Crippen LogP contribution in [0.1, 0.15) is 50.3 Å². The smallest absolute Gasteiger partial charge is 0.0577 e. The van der Waals surface area contributed by atoms with E-state index in [0.29, 0.717) is 4.75 Å². The van der Waals surface area contributed by atoms with E-state index in [0.717, 1.165) is 0 Å². The van der Waals surface area contributed by atoms with Crippen molar-refractivity contribution in [3.05, 3.63) is 33.9 Å². The van der Waals surface area contributed by atoms with Gasteiger partial charge in [-0.1, -0.05) is 44.7 Å². The van der Waals surface area contributed by atoms with Crippen molar-refractivity contribution in [3.63, 3.8) is 0 Å². The number of rotatable bonds is 6. The van der Waals surface area contributed by atoms with E-state index >= 15 is 0 Å². The first-order chi connectivity index (χ1) is 7.87. The highest BCUT2D eigenvalue weighted by Gasteiger charge is 2.34. The molecule has 1 atom stereocenters. The number of allylic oxidation sites excluding steroid dienone is 1. The van der Waals surface area contributed by atoms with E-state index in [1.807, 2.05) is 23.1 Å². The van der Waals surface area contributed by atoms with Gasteiger partial charge in [-0.3, -0.25) is 0 Å². The molecular formula is C14H20S2. The van der Waals surface area contributed by atoms with Gasteiger partial charge in [0.15, 0.2) is 0 Å². The van der Waals surface area contributed by atoms with Crippen LogP contribution in [0, 0.1) is 0 Å². The maximum absolute atomic E-state index is 2.34. The molecule has 0 aromatic carbocycles. The van der Waals surface area contributed by atoms with Gasteiger partial charge in [0.05, 0.1) is 4.75 Å². The molecule has 0 bridgehead atoms. The van der Waals surface area contributed by atoms with E-state index in [-0.39, 0.29) is 0 Å². The summed E-state index contributed by atoms with van der Waals surface area (Å²) >= 11 is 3.96. The molecule has 0 fully saturated rings.